The molecule has 214 valence electrons. The first-order chi connectivity index (χ1) is 19.3. The Bertz CT molecular complexity index is 1400. The fraction of sp³-hybridized carbons (Fsp3) is 0.531. The number of amides is 1. The third-order valence-corrected chi connectivity index (χ3v) is 10.8. The fourth-order valence-electron chi connectivity index (χ4n) is 7.12. The molecule has 5 unspecified atom stereocenters. The number of rotatable bonds is 1. The second-order valence-electron chi connectivity index (χ2n) is 12.1. The molecule has 0 radical (unpaired) electrons. The summed E-state index contributed by atoms with van der Waals surface area (Å²) in [5.41, 5.74) is 3.82. The van der Waals surface area contributed by atoms with Gasteiger partial charge >= 0.3 is 0 Å². The summed E-state index contributed by atoms with van der Waals surface area (Å²) >= 11 is 6.40. The number of aryl methyl sites for hydroxylation is 1. The third kappa shape index (κ3) is 5.45. The van der Waals surface area contributed by atoms with Gasteiger partial charge in [0.25, 0.3) is 5.91 Å². The van der Waals surface area contributed by atoms with E-state index in [1.165, 1.54) is 11.1 Å². The molecule has 6 rings (SSSR count). The van der Waals surface area contributed by atoms with Crippen molar-refractivity contribution in [3.05, 3.63) is 70.3 Å². The zero-order chi connectivity index (χ0) is 27.9. The van der Waals surface area contributed by atoms with Gasteiger partial charge in [0.15, 0.2) is 0 Å². The Kier molecular flexibility index (Phi) is 7.99. The van der Waals surface area contributed by atoms with E-state index < -0.39 is 16.5 Å². The van der Waals surface area contributed by atoms with E-state index in [9.17, 15) is 9.00 Å². The van der Waals surface area contributed by atoms with E-state index in [0.717, 1.165) is 68.1 Å². The number of fused-ring (bicyclic) bond motifs is 4. The molecule has 2 aliphatic carbocycles. The van der Waals surface area contributed by atoms with Gasteiger partial charge < -0.3 is 22.9 Å². The number of hydrogen-bond donors (Lipinski definition) is 0. The van der Waals surface area contributed by atoms with Gasteiger partial charge in [0, 0.05) is 36.2 Å². The Morgan fingerprint density at radius 2 is 2.08 bits per heavy atom. The van der Waals surface area contributed by atoms with Crippen LogP contribution in [0, 0.1) is 17.8 Å². The van der Waals surface area contributed by atoms with Crippen molar-refractivity contribution in [2.75, 3.05) is 37.5 Å². The monoisotopic (exact) mass is 581 g/mol. The van der Waals surface area contributed by atoms with Crippen molar-refractivity contribution in [1.82, 2.24) is 0 Å². The maximum atomic E-state index is 13.1. The molecule has 1 saturated carbocycles. The number of nitrogens with zero attached hydrogens (tertiary/aromatic N) is 2. The van der Waals surface area contributed by atoms with Gasteiger partial charge in [-0.15, -0.1) is 0 Å². The lowest BCUT2D eigenvalue weighted by atomic mass is 9.68. The number of ether oxygens (including phenoxy) is 2. The fourth-order valence-corrected chi connectivity index (χ4v) is 8.30. The Hall–Kier alpha value is -2.35. The summed E-state index contributed by atoms with van der Waals surface area (Å²) in [7, 11) is 0.217. The van der Waals surface area contributed by atoms with Gasteiger partial charge in [-0.1, -0.05) is 48.4 Å². The zero-order valence-corrected chi connectivity index (χ0v) is 24.9. The molecule has 4 aliphatic rings. The lowest BCUT2D eigenvalue weighted by molar-refractivity contribution is 0.0131. The first-order valence-electron chi connectivity index (χ1n) is 14.5. The number of hydrogen-bond acceptors (Lipinski definition) is 6. The largest absolute Gasteiger partial charge is 0.490 e. The Morgan fingerprint density at radius 1 is 1.20 bits per heavy atom. The molecule has 0 N–H and O–H groups in total. The average molecular weight is 582 g/mol. The first-order valence-corrected chi connectivity index (χ1v) is 16.2. The van der Waals surface area contributed by atoms with Crippen molar-refractivity contribution in [1.29, 1.82) is 0 Å². The molecule has 6 nitrogen and oxygen atoms in total. The summed E-state index contributed by atoms with van der Waals surface area (Å²) in [4.78, 5) is 15.6. The Morgan fingerprint density at radius 3 is 2.88 bits per heavy atom. The Balaban J connectivity index is 1.43. The molecule has 0 aromatic heterocycles. The van der Waals surface area contributed by atoms with Crippen LogP contribution in [0.1, 0.15) is 60.5 Å². The van der Waals surface area contributed by atoms with Gasteiger partial charge in [-0.05, 0) is 91.8 Å². The van der Waals surface area contributed by atoms with Crippen LogP contribution in [0.3, 0.4) is 0 Å². The molecule has 2 aromatic carbocycles. The van der Waals surface area contributed by atoms with E-state index in [1.54, 1.807) is 13.2 Å². The van der Waals surface area contributed by atoms with Gasteiger partial charge in [-0.25, -0.2) is 0 Å². The van der Waals surface area contributed by atoms with Gasteiger partial charge in [0.05, 0.1) is 18.4 Å². The second kappa shape index (κ2) is 11.5. The maximum absolute atomic E-state index is 13.1. The van der Waals surface area contributed by atoms with Crippen LogP contribution < -0.4 is 9.64 Å². The van der Waals surface area contributed by atoms with E-state index in [-0.39, 0.29) is 17.4 Å². The average Bonchev–Trinajstić information content (AvgIpc) is 3.06. The topological polar surface area (TPSA) is 68.2 Å². The molecule has 2 aromatic rings. The molecule has 1 fully saturated rings. The van der Waals surface area contributed by atoms with Crippen molar-refractivity contribution in [2.45, 2.75) is 57.0 Å². The number of benzene rings is 2. The second-order valence-corrected chi connectivity index (χ2v) is 13.7. The number of carbonyl (C=O) groups is 1. The highest BCUT2D eigenvalue weighted by Gasteiger charge is 2.44. The summed E-state index contributed by atoms with van der Waals surface area (Å²) in [5.74, 6) is 1.74. The minimum absolute atomic E-state index is 0.0520. The molecule has 2 bridgehead atoms. The van der Waals surface area contributed by atoms with Gasteiger partial charge in [0.1, 0.15) is 5.75 Å². The highest BCUT2D eigenvalue weighted by atomic mass is 35.5. The lowest BCUT2D eigenvalue weighted by Gasteiger charge is -2.46. The third-order valence-electron chi connectivity index (χ3n) is 9.39. The molecule has 5 atom stereocenters. The van der Waals surface area contributed by atoms with Crippen LogP contribution >= 0.6 is 11.6 Å². The molecule has 2 aliphatic heterocycles. The predicted octanol–water partition coefficient (Wildman–Crippen LogP) is 6.74. The van der Waals surface area contributed by atoms with Crippen LogP contribution in [-0.2, 0) is 31.4 Å². The molecule has 2 heterocycles. The van der Waals surface area contributed by atoms with Crippen molar-refractivity contribution in [2.24, 2.45) is 22.1 Å². The van der Waals surface area contributed by atoms with Crippen LogP contribution in [0.5, 0.6) is 5.75 Å². The van der Waals surface area contributed by atoms with Crippen LogP contribution in [0.25, 0.3) is 0 Å². The van der Waals surface area contributed by atoms with Crippen LogP contribution in [0.2, 0.25) is 5.02 Å². The standard InChI is InChI=1S/C32H38ClN2O4S/c1-21-5-3-7-29(38-2)26-11-8-24(26)17-35-19-32(14-4-6-22-15-25(33)10-12-27(22)32)20-39-30-13-9-23(16-28(30)35)31(36)34-40(37)18-21/h3,7,9-10,12-13,15-16,21,24,26,29H,4-6,8,11,14,17-20H2,1-2H3/q-1. The van der Waals surface area contributed by atoms with E-state index >= 15 is 0 Å². The molecule has 8 heteroatoms. The summed E-state index contributed by atoms with van der Waals surface area (Å²) < 4.78 is 29.4. The molecule has 1 spiro atoms. The van der Waals surface area contributed by atoms with Crippen molar-refractivity contribution in [3.63, 3.8) is 0 Å². The van der Waals surface area contributed by atoms with Gasteiger partial charge in [-0.2, -0.15) is 10.6 Å². The molecule has 0 saturated heterocycles. The van der Waals surface area contributed by atoms with Crippen molar-refractivity contribution >= 4 is 33.8 Å². The molecular weight excluding hydrogens is 544 g/mol. The SMILES string of the molecule is COC1C=CCC(C)C[S-](=O)=NC(=O)c2ccc3c(c2)N(CC2CCC21)CC1(CCCc2cc(Cl)ccc21)CO3. The van der Waals surface area contributed by atoms with Gasteiger partial charge in [0.2, 0.25) is 0 Å². The van der Waals surface area contributed by atoms with Crippen molar-refractivity contribution in [3.8, 4) is 5.75 Å². The minimum atomic E-state index is -1.58. The van der Waals surface area contributed by atoms with Crippen LogP contribution in [0.4, 0.5) is 5.69 Å². The van der Waals surface area contributed by atoms with E-state index in [1.807, 2.05) is 25.1 Å². The maximum Gasteiger partial charge on any atom is 0.254 e. The minimum Gasteiger partial charge on any atom is -0.490 e. The predicted molar refractivity (Wildman–Crippen MR) is 160 cm³/mol. The summed E-state index contributed by atoms with van der Waals surface area (Å²) in [6.45, 7) is 4.27. The highest BCUT2D eigenvalue weighted by Crippen LogP contribution is 2.47. The van der Waals surface area contributed by atoms with Gasteiger partial charge in [-0.3, -0.25) is 4.79 Å². The van der Waals surface area contributed by atoms with Crippen molar-refractivity contribution < 1.29 is 18.5 Å². The summed E-state index contributed by atoms with van der Waals surface area (Å²) in [6.07, 6.45) is 10.6. The summed E-state index contributed by atoms with van der Waals surface area (Å²) in [6, 6.07) is 11.9. The summed E-state index contributed by atoms with van der Waals surface area (Å²) in [5, 5.41) is 0.772. The molecule has 40 heavy (non-hydrogen) atoms. The highest BCUT2D eigenvalue weighted by molar-refractivity contribution is 7.75. The Labute approximate surface area is 244 Å². The number of halogens is 1. The van der Waals surface area contributed by atoms with Crippen LogP contribution in [0.15, 0.2) is 52.9 Å². The smallest absolute Gasteiger partial charge is 0.254 e. The van der Waals surface area contributed by atoms with Crippen LogP contribution in [-0.4, -0.2) is 44.6 Å². The number of allylic oxidation sites excluding steroid dienone is 1. The lowest BCUT2D eigenvalue weighted by Crippen LogP contribution is -2.49. The molecular formula is C32H38ClN2O4S-. The van der Waals surface area contributed by atoms with E-state index in [4.69, 9.17) is 21.1 Å². The quantitative estimate of drug-likeness (QED) is 0.276. The number of anilines is 1. The van der Waals surface area contributed by atoms with E-state index in [2.05, 4.69) is 33.5 Å². The van der Waals surface area contributed by atoms with E-state index in [0.29, 0.717) is 29.8 Å². The normalized spacial score (nSPS) is 30.9. The number of carbonyl (C=O) groups excluding carboxylic acids is 1. The zero-order valence-electron chi connectivity index (χ0n) is 23.3. The molecule has 1 amide bonds. The number of methoxy groups -OCH3 is 1. The first kappa shape index (κ1) is 27.8.